The first-order chi connectivity index (χ1) is 8.89. The highest BCUT2D eigenvalue weighted by molar-refractivity contribution is 9.10. The number of ether oxygens (including phenoxy) is 1. The molecule has 1 amide bonds. The van der Waals surface area contributed by atoms with Crippen molar-refractivity contribution in [3.05, 3.63) is 33.8 Å². The summed E-state index contributed by atoms with van der Waals surface area (Å²) in [5, 5.41) is 0. The van der Waals surface area contributed by atoms with Gasteiger partial charge in [0.1, 0.15) is 6.54 Å². The van der Waals surface area contributed by atoms with E-state index in [0.717, 1.165) is 0 Å². The number of fused-ring (bicyclic) bond motifs is 1. The fourth-order valence-corrected chi connectivity index (χ4v) is 2.44. The van der Waals surface area contributed by atoms with E-state index in [1.54, 1.807) is 6.92 Å². The molecule has 0 unspecified atom stereocenters. The van der Waals surface area contributed by atoms with Crippen molar-refractivity contribution in [2.75, 3.05) is 13.2 Å². The molecule has 1 aromatic carbocycles. The second-order valence-corrected chi connectivity index (χ2v) is 4.75. The third-order valence-corrected chi connectivity index (χ3v) is 3.39. The zero-order valence-electron chi connectivity index (χ0n) is 9.95. The Morgan fingerprint density at radius 3 is 2.74 bits per heavy atom. The van der Waals surface area contributed by atoms with Crippen molar-refractivity contribution in [3.8, 4) is 0 Å². The molecule has 1 aliphatic heterocycles. The van der Waals surface area contributed by atoms with Crippen molar-refractivity contribution < 1.29 is 23.1 Å². The normalized spacial score (nSPS) is 16.4. The van der Waals surface area contributed by atoms with Crippen LogP contribution in [-0.4, -0.2) is 29.9 Å². The molecule has 0 N–H and O–H groups in total. The van der Waals surface area contributed by atoms with Crippen LogP contribution in [0, 0.1) is 0 Å². The topological polar surface area (TPSA) is 46.6 Å². The molecule has 1 aromatic rings. The van der Waals surface area contributed by atoms with E-state index in [0.29, 0.717) is 0 Å². The molecule has 0 saturated carbocycles. The minimum Gasteiger partial charge on any atom is -0.465 e. The average molecular weight is 334 g/mol. The average Bonchev–Trinajstić information content (AvgIpc) is 2.52. The van der Waals surface area contributed by atoms with Crippen LogP contribution in [-0.2, 0) is 15.6 Å². The van der Waals surface area contributed by atoms with Crippen LogP contribution in [0.4, 0.5) is 8.78 Å². The van der Waals surface area contributed by atoms with Crippen molar-refractivity contribution in [2.24, 2.45) is 0 Å². The van der Waals surface area contributed by atoms with Gasteiger partial charge in [-0.3, -0.25) is 14.5 Å². The van der Waals surface area contributed by atoms with Crippen LogP contribution in [0.3, 0.4) is 0 Å². The van der Waals surface area contributed by atoms with E-state index in [2.05, 4.69) is 20.7 Å². The molecule has 0 fully saturated rings. The molecule has 0 aliphatic carbocycles. The van der Waals surface area contributed by atoms with Crippen LogP contribution in [0.1, 0.15) is 22.8 Å². The van der Waals surface area contributed by atoms with Gasteiger partial charge in [0.25, 0.3) is 5.91 Å². The van der Waals surface area contributed by atoms with Gasteiger partial charge in [0.15, 0.2) is 0 Å². The number of nitrogens with zero attached hydrogens (tertiary/aromatic N) is 1. The monoisotopic (exact) mass is 333 g/mol. The number of hydrogen-bond donors (Lipinski definition) is 0. The zero-order chi connectivity index (χ0) is 14.2. The summed E-state index contributed by atoms with van der Waals surface area (Å²) in [5.41, 5.74) is -0.520. The molecule has 0 radical (unpaired) electrons. The van der Waals surface area contributed by atoms with Gasteiger partial charge in [0, 0.05) is 4.47 Å². The summed E-state index contributed by atoms with van der Waals surface area (Å²) in [6.07, 6.45) is 0. The molecular weight excluding hydrogens is 324 g/mol. The van der Waals surface area contributed by atoms with Crippen LogP contribution >= 0.6 is 15.9 Å². The van der Waals surface area contributed by atoms with Gasteiger partial charge >= 0.3 is 12.0 Å². The molecular formula is C12H10BrF2NO3. The van der Waals surface area contributed by atoms with E-state index in [1.165, 1.54) is 18.2 Å². The first-order valence-corrected chi connectivity index (χ1v) is 6.33. The van der Waals surface area contributed by atoms with Crippen LogP contribution in [0.25, 0.3) is 0 Å². The fourth-order valence-electron chi connectivity index (χ4n) is 1.91. The lowest BCUT2D eigenvalue weighted by Crippen LogP contribution is -2.41. The Kier molecular flexibility index (Phi) is 3.58. The predicted octanol–water partition coefficient (Wildman–Crippen LogP) is 2.52. The second kappa shape index (κ2) is 4.88. The summed E-state index contributed by atoms with van der Waals surface area (Å²) in [6.45, 7) is 0.858. The van der Waals surface area contributed by atoms with Crippen LogP contribution in [0.15, 0.2) is 22.7 Å². The minimum absolute atomic E-state index is 0.0725. The molecule has 4 nitrogen and oxygen atoms in total. The number of benzene rings is 1. The Morgan fingerprint density at radius 2 is 2.16 bits per heavy atom. The molecule has 2 rings (SSSR count). The highest BCUT2D eigenvalue weighted by atomic mass is 79.9. The molecule has 0 saturated heterocycles. The van der Waals surface area contributed by atoms with E-state index < -0.39 is 30.0 Å². The maximum atomic E-state index is 14.1. The van der Waals surface area contributed by atoms with E-state index in [1.807, 2.05) is 0 Å². The number of rotatable bonds is 3. The number of halogens is 3. The van der Waals surface area contributed by atoms with Gasteiger partial charge in [0.05, 0.1) is 17.7 Å². The third kappa shape index (κ3) is 2.22. The summed E-state index contributed by atoms with van der Waals surface area (Å²) < 4.78 is 33.1. The minimum atomic E-state index is -3.51. The third-order valence-electron chi connectivity index (χ3n) is 2.73. The SMILES string of the molecule is CCOC(=O)CN1C(=O)c2c(Br)cccc2C1(F)F. The predicted molar refractivity (Wildman–Crippen MR) is 65.7 cm³/mol. The number of carbonyl (C=O) groups is 2. The highest BCUT2D eigenvalue weighted by Gasteiger charge is 2.53. The molecule has 102 valence electrons. The maximum absolute atomic E-state index is 14.1. The lowest BCUT2D eigenvalue weighted by Gasteiger charge is -2.23. The van der Waals surface area contributed by atoms with Gasteiger partial charge in [0.2, 0.25) is 0 Å². The van der Waals surface area contributed by atoms with Crippen molar-refractivity contribution in [3.63, 3.8) is 0 Å². The van der Waals surface area contributed by atoms with Crippen molar-refractivity contribution in [1.29, 1.82) is 0 Å². The van der Waals surface area contributed by atoms with Gasteiger partial charge in [-0.1, -0.05) is 12.1 Å². The lowest BCUT2D eigenvalue weighted by atomic mass is 10.1. The standard InChI is InChI=1S/C12H10BrF2NO3/c1-2-19-9(17)6-16-11(18)10-7(12(16,14)15)4-3-5-8(10)13/h3-5H,2,6H2,1H3. The Morgan fingerprint density at radius 1 is 1.47 bits per heavy atom. The van der Waals surface area contributed by atoms with Crippen molar-refractivity contribution >= 4 is 27.8 Å². The molecule has 7 heteroatoms. The molecule has 0 bridgehead atoms. The summed E-state index contributed by atoms with van der Waals surface area (Å²) >= 11 is 3.07. The van der Waals surface area contributed by atoms with Crippen molar-refractivity contribution in [1.82, 2.24) is 4.90 Å². The molecule has 0 atom stereocenters. The number of esters is 1. The summed E-state index contributed by atoms with van der Waals surface area (Å²) in [4.78, 5) is 23.5. The smallest absolute Gasteiger partial charge is 0.356 e. The van der Waals surface area contributed by atoms with Gasteiger partial charge in [-0.05, 0) is 28.9 Å². The molecule has 1 aliphatic rings. The number of hydrogen-bond acceptors (Lipinski definition) is 3. The van der Waals surface area contributed by atoms with Crippen LogP contribution < -0.4 is 0 Å². The summed E-state index contributed by atoms with van der Waals surface area (Å²) in [7, 11) is 0. The van der Waals surface area contributed by atoms with E-state index in [-0.39, 0.29) is 21.5 Å². The van der Waals surface area contributed by atoms with Gasteiger partial charge in [-0.25, -0.2) is 0 Å². The number of amides is 1. The van der Waals surface area contributed by atoms with Gasteiger partial charge in [-0.15, -0.1) is 0 Å². The van der Waals surface area contributed by atoms with E-state index in [9.17, 15) is 18.4 Å². The zero-order valence-corrected chi connectivity index (χ0v) is 11.5. The number of alkyl halides is 2. The van der Waals surface area contributed by atoms with E-state index >= 15 is 0 Å². The lowest BCUT2D eigenvalue weighted by molar-refractivity contribution is -0.158. The Labute approximate surface area is 116 Å². The number of carbonyl (C=O) groups excluding carboxylic acids is 2. The summed E-state index contributed by atoms with van der Waals surface area (Å²) in [6, 6.07) is 0.574. The molecule has 0 spiro atoms. The Bertz CT molecular complexity index is 548. The van der Waals surface area contributed by atoms with Crippen molar-refractivity contribution in [2.45, 2.75) is 13.0 Å². The molecule has 1 heterocycles. The highest BCUT2D eigenvalue weighted by Crippen LogP contribution is 2.43. The maximum Gasteiger partial charge on any atom is 0.356 e. The first-order valence-electron chi connectivity index (χ1n) is 5.54. The Hall–Kier alpha value is -1.50. The van der Waals surface area contributed by atoms with Gasteiger partial charge in [-0.2, -0.15) is 8.78 Å². The van der Waals surface area contributed by atoms with Gasteiger partial charge < -0.3 is 4.74 Å². The Balaban J connectivity index is 2.38. The van der Waals surface area contributed by atoms with E-state index in [4.69, 9.17) is 0 Å². The van der Waals surface area contributed by atoms with Crippen LogP contribution in [0.5, 0.6) is 0 Å². The quantitative estimate of drug-likeness (QED) is 0.630. The first kappa shape index (κ1) is 13.9. The molecule has 0 aromatic heterocycles. The largest absolute Gasteiger partial charge is 0.465 e. The fraction of sp³-hybridized carbons (Fsp3) is 0.333. The second-order valence-electron chi connectivity index (χ2n) is 3.90. The molecule has 19 heavy (non-hydrogen) atoms. The van der Waals surface area contributed by atoms with Crippen LogP contribution in [0.2, 0.25) is 0 Å². The summed E-state index contributed by atoms with van der Waals surface area (Å²) in [5.74, 6) is -1.75.